The van der Waals surface area contributed by atoms with Crippen molar-refractivity contribution in [1.29, 1.82) is 0 Å². The Bertz CT molecular complexity index is 364. The van der Waals surface area contributed by atoms with Gasteiger partial charge in [0.25, 0.3) is 0 Å². The fourth-order valence-electron chi connectivity index (χ4n) is 1.63. The predicted octanol–water partition coefficient (Wildman–Crippen LogP) is 1.99. The highest BCUT2D eigenvalue weighted by molar-refractivity contribution is 5.51. The molecule has 0 radical (unpaired) electrons. The van der Waals surface area contributed by atoms with Gasteiger partial charge in [0.1, 0.15) is 5.75 Å². The van der Waals surface area contributed by atoms with E-state index in [9.17, 15) is 0 Å². The van der Waals surface area contributed by atoms with Crippen molar-refractivity contribution >= 4 is 0 Å². The monoisotopic (exact) mass is 240 g/mol. The maximum atomic E-state index is 5.68. The first-order valence-electron chi connectivity index (χ1n) is 5.74. The van der Waals surface area contributed by atoms with E-state index in [-0.39, 0.29) is 6.10 Å². The topological polar surface area (TPSA) is 53.7 Å². The molecule has 0 aliphatic carbocycles. The van der Waals surface area contributed by atoms with Gasteiger partial charge in [0.15, 0.2) is 11.5 Å². The number of rotatable bonds is 6. The van der Waals surface area contributed by atoms with E-state index in [0.717, 1.165) is 17.7 Å². The van der Waals surface area contributed by atoms with Gasteiger partial charge in [-0.1, -0.05) is 0 Å². The Morgan fingerprint density at radius 2 is 1.71 bits per heavy atom. The minimum atomic E-state index is 0.0916. The first kappa shape index (κ1) is 13.6. The normalized spacial score (nSPS) is 10.5. The van der Waals surface area contributed by atoms with Crippen molar-refractivity contribution < 1.29 is 14.2 Å². The summed E-state index contributed by atoms with van der Waals surface area (Å²) in [5.41, 5.74) is 6.60. The highest BCUT2D eigenvalue weighted by Crippen LogP contribution is 2.35. The van der Waals surface area contributed by atoms with E-state index in [2.05, 4.69) is 0 Å². The Hall–Kier alpha value is -1.42. The highest BCUT2D eigenvalue weighted by atomic mass is 16.5. The lowest BCUT2D eigenvalue weighted by Crippen LogP contribution is -2.09. The van der Waals surface area contributed by atoms with Crippen molar-refractivity contribution in [2.45, 2.75) is 26.4 Å². The van der Waals surface area contributed by atoms with Gasteiger partial charge < -0.3 is 19.9 Å². The summed E-state index contributed by atoms with van der Waals surface area (Å²) in [6.45, 7) is 4.52. The fraction of sp³-hybridized carbons (Fsp3) is 0.538. The van der Waals surface area contributed by atoms with Crippen LogP contribution in [0.2, 0.25) is 0 Å². The van der Waals surface area contributed by atoms with Crippen LogP contribution in [0.4, 0.5) is 0 Å². The van der Waals surface area contributed by atoms with Gasteiger partial charge in [0.05, 0.1) is 20.3 Å². The first-order valence-corrected chi connectivity index (χ1v) is 5.74. The molecule has 0 saturated carbocycles. The quantitative estimate of drug-likeness (QED) is 0.826. The zero-order valence-electron chi connectivity index (χ0n) is 10.9. The number of methoxy groups -OCH3 is 2. The second-order valence-corrected chi connectivity index (χ2v) is 4.02. The van der Waals surface area contributed by atoms with E-state index in [1.165, 1.54) is 0 Å². The molecule has 0 fully saturated rings. The minimum Gasteiger partial charge on any atom is -0.496 e. The van der Waals surface area contributed by atoms with Crippen LogP contribution in [-0.2, 0) is 6.42 Å². The lowest BCUT2D eigenvalue weighted by molar-refractivity contribution is 0.228. The zero-order valence-corrected chi connectivity index (χ0v) is 10.9. The van der Waals surface area contributed by atoms with Gasteiger partial charge in [-0.05, 0) is 38.4 Å². The van der Waals surface area contributed by atoms with Gasteiger partial charge in [-0.25, -0.2) is 0 Å². The van der Waals surface area contributed by atoms with Gasteiger partial charge in [-0.3, -0.25) is 0 Å². The molecule has 96 valence electrons. The molecule has 0 bridgehead atoms. The maximum absolute atomic E-state index is 5.68. The molecule has 0 aliphatic heterocycles. The SMILES string of the molecule is COc1cc(OC(C)C)c(OC)[13cH]c1CCN. The van der Waals surface area contributed by atoms with Crippen molar-refractivity contribution in [3.63, 3.8) is 0 Å². The molecule has 0 heterocycles. The number of benzene rings is 1. The van der Waals surface area contributed by atoms with E-state index < -0.39 is 0 Å². The molecule has 1 aromatic rings. The molecule has 17 heavy (non-hydrogen) atoms. The number of hydrogen-bond acceptors (Lipinski definition) is 4. The highest BCUT2D eigenvalue weighted by Gasteiger charge is 2.12. The van der Waals surface area contributed by atoms with Crippen LogP contribution in [0.3, 0.4) is 0 Å². The molecular weight excluding hydrogens is 219 g/mol. The maximum Gasteiger partial charge on any atom is 0.165 e. The van der Waals surface area contributed by atoms with Crippen molar-refractivity contribution in [2.75, 3.05) is 20.8 Å². The summed E-state index contributed by atoms with van der Waals surface area (Å²) in [5.74, 6) is 2.19. The Morgan fingerprint density at radius 3 is 2.18 bits per heavy atom. The van der Waals surface area contributed by atoms with Crippen LogP contribution < -0.4 is 19.9 Å². The van der Waals surface area contributed by atoms with Crippen molar-refractivity contribution in [2.24, 2.45) is 5.73 Å². The van der Waals surface area contributed by atoms with Crippen molar-refractivity contribution in [1.82, 2.24) is 0 Å². The average Bonchev–Trinajstić information content (AvgIpc) is 2.30. The number of hydrogen-bond donors (Lipinski definition) is 1. The van der Waals surface area contributed by atoms with Crippen molar-refractivity contribution in [3.8, 4) is 17.2 Å². The molecular formula is C13H21NO3. The Labute approximate surface area is 103 Å². The summed E-state index contributed by atoms with van der Waals surface area (Å²) in [7, 11) is 3.27. The largest absolute Gasteiger partial charge is 0.496 e. The lowest BCUT2D eigenvalue weighted by Gasteiger charge is -2.17. The second-order valence-electron chi connectivity index (χ2n) is 4.02. The third-order valence-corrected chi connectivity index (χ3v) is 2.34. The molecule has 0 saturated heterocycles. The molecule has 1 aromatic carbocycles. The number of nitrogens with two attached hydrogens (primary N) is 1. The van der Waals surface area contributed by atoms with E-state index >= 15 is 0 Å². The summed E-state index contributed by atoms with van der Waals surface area (Å²) < 4.78 is 16.3. The summed E-state index contributed by atoms with van der Waals surface area (Å²) >= 11 is 0. The summed E-state index contributed by atoms with van der Waals surface area (Å²) in [5, 5.41) is 0. The number of ether oxygens (including phenoxy) is 3. The van der Waals surface area contributed by atoms with Crippen LogP contribution in [0.5, 0.6) is 17.2 Å². The van der Waals surface area contributed by atoms with Gasteiger partial charge in [-0.2, -0.15) is 0 Å². The molecule has 4 heteroatoms. The standard InChI is InChI=1S/C13H21NO3/c1-9(2)17-13-8-11(15-3)10(5-6-14)7-12(13)16-4/h7-9H,5-6,14H2,1-4H3/i7+1. The van der Waals surface area contributed by atoms with Crippen LogP contribution in [0.25, 0.3) is 0 Å². The molecule has 0 unspecified atom stereocenters. The van der Waals surface area contributed by atoms with E-state index in [4.69, 9.17) is 19.9 Å². The predicted molar refractivity (Wildman–Crippen MR) is 68.1 cm³/mol. The van der Waals surface area contributed by atoms with Crippen molar-refractivity contribution in [3.05, 3.63) is 17.7 Å². The van der Waals surface area contributed by atoms with Gasteiger partial charge >= 0.3 is 0 Å². The van der Waals surface area contributed by atoms with E-state index in [1.807, 2.05) is 26.0 Å². The van der Waals surface area contributed by atoms with Crippen LogP contribution in [0.15, 0.2) is 12.1 Å². The molecule has 1 rings (SSSR count). The summed E-state index contributed by atoms with van der Waals surface area (Å²) in [4.78, 5) is 0. The molecule has 0 aliphatic rings. The van der Waals surface area contributed by atoms with Gasteiger partial charge in [0.2, 0.25) is 0 Å². The third kappa shape index (κ3) is 3.53. The molecule has 0 amide bonds. The summed E-state index contributed by atoms with van der Waals surface area (Å²) in [6, 6.07) is 3.77. The minimum absolute atomic E-state index is 0.0916. The fourth-order valence-corrected chi connectivity index (χ4v) is 1.63. The lowest BCUT2D eigenvalue weighted by atomic mass is 10.2. The van der Waals surface area contributed by atoms with E-state index in [1.54, 1.807) is 14.2 Å². The van der Waals surface area contributed by atoms with Gasteiger partial charge in [0, 0.05) is 6.07 Å². The van der Waals surface area contributed by atoms with Crippen LogP contribution in [-0.4, -0.2) is 26.9 Å². The zero-order chi connectivity index (χ0) is 12.8. The van der Waals surface area contributed by atoms with Crippen LogP contribution >= 0.6 is 0 Å². The molecule has 0 atom stereocenters. The summed E-state index contributed by atoms with van der Waals surface area (Å²) in [6.07, 6.45) is 0.843. The molecule has 0 spiro atoms. The average molecular weight is 240 g/mol. The molecule has 0 aromatic heterocycles. The van der Waals surface area contributed by atoms with E-state index in [0.29, 0.717) is 18.0 Å². The smallest absolute Gasteiger partial charge is 0.165 e. The van der Waals surface area contributed by atoms with Crippen LogP contribution in [0.1, 0.15) is 19.4 Å². The van der Waals surface area contributed by atoms with Gasteiger partial charge in [-0.15, -0.1) is 0 Å². The molecule has 4 nitrogen and oxygen atoms in total. The Morgan fingerprint density at radius 1 is 1.06 bits per heavy atom. The third-order valence-electron chi connectivity index (χ3n) is 2.34. The Kier molecular flexibility index (Phi) is 5.10. The Balaban J connectivity index is 3.12. The van der Waals surface area contributed by atoms with Crippen LogP contribution in [0, 0.1) is 0 Å². The molecule has 2 N–H and O–H groups in total. The second kappa shape index (κ2) is 6.35. The first-order chi connectivity index (χ1) is 8.12.